The Morgan fingerprint density at radius 2 is 2.23 bits per heavy atom. The van der Waals surface area contributed by atoms with Crippen LogP contribution >= 0.6 is 11.6 Å². The van der Waals surface area contributed by atoms with E-state index in [0.29, 0.717) is 16.6 Å². The highest BCUT2D eigenvalue weighted by molar-refractivity contribution is 6.31. The molecule has 0 aliphatic heterocycles. The number of hydrogen-bond donors (Lipinski definition) is 1. The molecular formula is C9H7ClN2O. The van der Waals surface area contributed by atoms with E-state index in [4.69, 9.17) is 21.8 Å². The van der Waals surface area contributed by atoms with Crippen molar-refractivity contribution in [2.45, 2.75) is 0 Å². The van der Waals surface area contributed by atoms with Gasteiger partial charge in [0.1, 0.15) is 6.26 Å². The van der Waals surface area contributed by atoms with Gasteiger partial charge in [0.05, 0.1) is 11.8 Å². The second-order valence-corrected chi connectivity index (χ2v) is 3.01. The first kappa shape index (κ1) is 8.13. The Morgan fingerprint density at radius 3 is 2.85 bits per heavy atom. The van der Waals surface area contributed by atoms with Gasteiger partial charge in [0.15, 0.2) is 0 Å². The lowest BCUT2D eigenvalue weighted by atomic mass is 10.2. The molecule has 3 nitrogen and oxygen atoms in total. The first-order chi connectivity index (χ1) is 6.27. The van der Waals surface area contributed by atoms with Gasteiger partial charge in [-0.3, -0.25) is 0 Å². The van der Waals surface area contributed by atoms with Crippen LogP contribution in [0.3, 0.4) is 0 Å². The number of oxazole rings is 1. The summed E-state index contributed by atoms with van der Waals surface area (Å²) in [5.41, 5.74) is 7.05. The molecule has 1 heterocycles. The molecule has 66 valence electrons. The highest BCUT2D eigenvalue weighted by Crippen LogP contribution is 2.26. The monoisotopic (exact) mass is 194 g/mol. The van der Waals surface area contributed by atoms with Gasteiger partial charge in [0.25, 0.3) is 0 Å². The summed E-state index contributed by atoms with van der Waals surface area (Å²) in [5, 5.41) is 0.604. The minimum atomic E-state index is 0.508. The van der Waals surface area contributed by atoms with Crippen molar-refractivity contribution in [2.75, 3.05) is 5.73 Å². The molecule has 2 aromatic rings. The number of nitrogens with two attached hydrogens (primary N) is 1. The molecule has 0 amide bonds. The average molecular weight is 195 g/mol. The van der Waals surface area contributed by atoms with E-state index >= 15 is 0 Å². The summed E-state index contributed by atoms with van der Waals surface area (Å²) in [5.74, 6) is 0.508. The standard InChI is InChI=1S/C9H7ClN2O/c10-6-1-2-7(8(11)5-6)9-12-3-4-13-9/h1-5H,11H2. The Bertz CT molecular complexity index is 412. The molecule has 0 spiro atoms. The topological polar surface area (TPSA) is 52.0 Å². The van der Waals surface area contributed by atoms with Gasteiger partial charge < -0.3 is 10.2 Å². The zero-order chi connectivity index (χ0) is 9.26. The third kappa shape index (κ3) is 1.51. The minimum Gasteiger partial charge on any atom is -0.444 e. The molecule has 0 bridgehead atoms. The molecule has 1 aromatic heterocycles. The molecular weight excluding hydrogens is 188 g/mol. The van der Waals surface area contributed by atoms with Gasteiger partial charge in [-0.15, -0.1) is 0 Å². The Labute approximate surface area is 80.1 Å². The summed E-state index contributed by atoms with van der Waals surface area (Å²) in [6.45, 7) is 0. The van der Waals surface area contributed by atoms with E-state index in [1.165, 1.54) is 6.26 Å². The van der Waals surface area contributed by atoms with Crippen molar-refractivity contribution in [1.29, 1.82) is 0 Å². The maximum Gasteiger partial charge on any atom is 0.227 e. The van der Waals surface area contributed by atoms with Gasteiger partial charge in [-0.25, -0.2) is 4.98 Å². The highest BCUT2D eigenvalue weighted by atomic mass is 35.5. The van der Waals surface area contributed by atoms with Crippen LogP contribution in [0.1, 0.15) is 0 Å². The molecule has 0 radical (unpaired) electrons. The summed E-state index contributed by atoms with van der Waals surface area (Å²) < 4.78 is 5.11. The maximum atomic E-state index is 5.75. The van der Waals surface area contributed by atoms with Crippen molar-refractivity contribution >= 4 is 17.3 Å². The lowest BCUT2D eigenvalue weighted by Crippen LogP contribution is -1.89. The number of halogens is 1. The zero-order valence-electron chi connectivity index (χ0n) is 6.70. The first-order valence-electron chi connectivity index (χ1n) is 3.72. The number of nitrogen functional groups attached to an aromatic ring is 1. The van der Waals surface area contributed by atoms with Gasteiger partial charge in [-0.2, -0.15) is 0 Å². The molecule has 0 aliphatic rings. The van der Waals surface area contributed by atoms with Crippen molar-refractivity contribution in [2.24, 2.45) is 0 Å². The number of rotatable bonds is 1. The Balaban J connectivity index is 2.53. The van der Waals surface area contributed by atoms with E-state index in [0.717, 1.165) is 5.56 Å². The average Bonchev–Trinajstić information content (AvgIpc) is 2.56. The third-order valence-electron chi connectivity index (χ3n) is 1.68. The van der Waals surface area contributed by atoms with Gasteiger partial charge in [0, 0.05) is 10.7 Å². The fraction of sp³-hybridized carbons (Fsp3) is 0. The highest BCUT2D eigenvalue weighted by Gasteiger charge is 2.06. The van der Waals surface area contributed by atoms with Crippen LogP contribution in [0.5, 0.6) is 0 Å². The Kier molecular flexibility index (Phi) is 1.94. The van der Waals surface area contributed by atoms with Gasteiger partial charge in [-0.1, -0.05) is 11.6 Å². The fourth-order valence-corrected chi connectivity index (χ4v) is 1.27. The number of aromatic nitrogens is 1. The van der Waals surface area contributed by atoms with E-state index in [1.807, 2.05) is 0 Å². The van der Waals surface area contributed by atoms with Crippen LogP contribution < -0.4 is 5.73 Å². The number of nitrogens with zero attached hydrogens (tertiary/aromatic N) is 1. The van der Waals surface area contributed by atoms with Crippen LogP contribution in [0.15, 0.2) is 35.1 Å². The van der Waals surface area contributed by atoms with Crippen molar-refractivity contribution in [3.05, 3.63) is 35.7 Å². The second-order valence-electron chi connectivity index (χ2n) is 2.57. The van der Waals surface area contributed by atoms with Crippen molar-refractivity contribution in [1.82, 2.24) is 4.98 Å². The molecule has 0 atom stereocenters. The summed E-state index contributed by atoms with van der Waals surface area (Å²) in [7, 11) is 0. The molecule has 0 saturated heterocycles. The fourth-order valence-electron chi connectivity index (χ4n) is 1.08. The van der Waals surface area contributed by atoms with E-state index in [9.17, 15) is 0 Å². The number of anilines is 1. The van der Waals surface area contributed by atoms with Gasteiger partial charge >= 0.3 is 0 Å². The van der Waals surface area contributed by atoms with E-state index in [-0.39, 0.29) is 0 Å². The molecule has 4 heteroatoms. The van der Waals surface area contributed by atoms with Crippen LogP contribution in [-0.4, -0.2) is 4.98 Å². The molecule has 1 aromatic carbocycles. The Hall–Kier alpha value is -1.48. The second kappa shape index (κ2) is 3.11. The van der Waals surface area contributed by atoms with E-state index in [2.05, 4.69) is 4.98 Å². The normalized spacial score (nSPS) is 10.2. The molecule has 13 heavy (non-hydrogen) atoms. The van der Waals surface area contributed by atoms with Crippen LogP contribution in [-0.2, 0) is 0 Å². The van der Waals surface area contributed by atoms with Crippen LogP contribution in [0.2, 0.25) is 5.02 Å². The maximum absolute atomic E-state index is 5.75. The van der Waals surface area contributed by atoms with E-state index < -0.39 is 0 Å². The Morgan fingerprint density at radius 1 is 1.38 bits per heavy atom. The van der Waals surface area contributed by atoms with Crippen LogP contribution in [0.25, 0.3) is 11.5 Å². The summed E-state index contributed by atoms with van der Waals surface area (Å²) in [6, 6.07) is 5.20. The van der Waals surface area contributed by atoms with Crippen molar-refractivity contribution in [3.8, 4) is 11.5 Å². The predicted octanol–water partition coefficient (Wildman–Crippen LogP) is 2.58. The van der Waals surface area contributed by atoms with Crippen LogP contribution in [0.4, 0.5) is 5.69 Å². The van der Waals surface area contributed by atoms with E-state index in [1.54, 1.807) is 24.4 Å². The van der Waals surface area contributed by atoms with Crippen LogP contribution in [0, 0.1) is 0 Å². The molecule has 0 aliphatic carbocycles. The molecule has 0 unspecified atom stereocenters. The quantitative estimate of drug-likeness (QED) is 0.710. The predicted molar refractivity (Wildman–Crippen MR) is 51.4 cm³/mol. The summed E-state index contributed by atoms with van der Waals surface area (Å²) in [4.78, 5) is 3.99. The third-order valence-corrected chi connectivity index (χ3v) is 1.91. The number of hydrogen-bond acceptors (Lipinski definition) is 3. The van der Waals surface area contributed by atoms with Crippen molar-refractivity contribution in [3.63, 3.8) is 0 Å². The summed E-state index contributed by atoms with van der Waals surface area (Å²) in [6.07, 6.45) is 3.08. The summed E-state index contributed by atoms with van der Waals surface area (Å²) >= 11 is 5.75. The smallest absolute Gasteiger partial charge is 0.227 e. The largest absolute Gasteiger partial charge is 0.444 e. The molecule has 2 N–H and O–H groups in total. The molecule has 0 saturated carbocycles. The molecule has 0 fully saturated rings. The SMILES string of the molecule is Nc1cc(Cl)ccc1-c1ncco1. The lowest BCUT2D eigenvalue weighted by molar-refractivity contribution is 0.575. The number of benzene rings is 1. The zero-order valence-corrected chi connectivity index (χ0v) is 7.45. The molecule has 2 rings (SSSR count). The van der Waals surface area contributed by atoms with Gasteiger partial charge in [-0.05, 0) is 18.2 Å². The van der Waals surface area contributed by atoms with Crippen molar-refractivity contribution < 1.29 is 4.42 Å². The minimum absolute atomic E-state index is 0.508. The van der Waals surface area contributed by atoms with Gasteiger partial charge in [0.2, 0.25) is 5.89 Å². The lowest BCUT2D eigenvalue weighted by Gasteiger charge is -2.00. The first-order valence-corrected chi connectivity index (χ1v) is 4.10.